The third kappa shape index (κ3) is 12.0. The largest absolute Gasteiger partial charge is 0.444 e. The third-order valence-corrected chi connectivity index (χ3v) is 5.77. The summed E-state index contributed by atoms with van der Waals surface area (Å²) in [4.78, 5) is 18.5. The standard InChI is InChI=1S/C19H40N4O4S/c1-9-20-17(21-12-14-28(25,26)10-2)23(8)13-11-16(15(3)4)22-18(24)27-19(5,6)7/h15-16H,9-14H2,1-8H3,(H,20,21)(H,22,24). The molecule has 0 aliphatic heterocycles. The van der Waals surface area contributed by atoms with E-state index in [9.17, 15) is 13.2 Å². The number of hydrogen-bond acceptors (Lipinski definition) is 5. The molecule has 0 aromatic heterocycles. The van der Waals surface area contributed by atoms with Gasteiger partial charge in [0.25, 0.3) is 0 Å². The first kappa shape index (κ1) is 26.5. The van der Waals surface area contributed by atoms with Gasteiger partial charge in [-0.05, 0) is 40.0 Å². The smallest absolute Gasteiger partial charge is 0.407 e. The molecule has 0 radical (unpaired) electrons. The molecule has 0 aromatic carbocycles. The van der Waals surface area contributed by atoms with E-state index < -0.39 is 21.5 Å². The molecule has 0 aliphatic rings. The minimum absolute atomic E-state index is 0.0411. The van der Waals surface area contributed by atoms with Crippen molar-refractivity contribution in [2.75, 3.05) is 38.2 Å². The molecule has 1 unspecified atom stereocenters. The lowest BCUT2D eigenvalue weighted by atomic mass is 10.0. The van der Waals surface area contributed by atoms with Crippen LogP contribution in [0.3, 0.4) is 0 Å². The van der Waals surface area contributed by atoms with E-state index in [4.69, 9.17) is 4.74 Å². The van der Waals surface area contributed by atoms with Gasteiger partial charge >= 0.3 is 6.09 Å². The van der Waals surface area contributed by atoms with Crippen molar-refractivity contribution in [1.82, 2.24) is 15.5 Å². The highest BCUT2D eigenvalue weighted by molar-refractivity contribution is 7.91. The van der Waals surface area contributed by atoms with E-state index in [-0.39, 0.29) is 30.0 Å². The first-order valence-corrected chi connectivity index (χ1v) is 11.8. The topological polar surface area (TPSA) is 100 Å². The van der Waals surface area contributed by atoms with E-state index >= 15 is 0 Å². The summed E-state index contributed by atoms with van der Waals surface area (Å²) in [5.74, 6) is 1.08. The van der Waals surface area contributed by atoms with Crippen LogP contribution >= 0.6 is 0 Å². The summed E-state index contributed by atoms with van der Waals surface area (Å²) in [5.41, 5.74) is -0.536. The molecule has 0 aliphatic carbocycles. The van der Waals surface area contributed by atoms with Crippen LogP contribution < -0.4 is 10.6 Å². The van der Waals surface area contributed by atoms with E-state index in [1.165, 1.54) is 0 Å². The Morgan fingerprint density at radius 1 is 1.21 bits per heavy atom. The molecule has 0 fully saturated rings. The van der Waals surface area contributed by atoms with Gasteiger partial charge in [-0.15, -0.1) is 0 Å². The Hall–Kier alpha value is -1.51. The van der Waals surface area contributed by atoms with Crippen LogP contribution in [0.1, 0.15) is 54.9 Å². The summed E-state index contributed by atoms with van der Waals surface area (Å²) < 4.78 is 28.6. The van der Waals surface area contributed by atoms with Gasteiger partial charge < -0.3 is 20.3 Å². The lowest BCUT2D eigenvalue weighted by Gasteiger charge is -2.28. The second kappa shape index (κ2) is 12.1. The molecule has 0 heterocycles. The van der Waals surface area contributed by atoms with Crippen molar-refractivity contribution in [3.05, 3.63) is 0 Å². The lowest BCUT2D eigenvalue weighted by molar-refractivity contribution is 0.0486. The first-order valence-electron chi connectivity index (χ1n) is 10.0. The van der Waals surface area contributed by atoms with Crippen LogP contribution in [0.2, 0.25) is 0 Å². The maximum atomic E-state index is 12.1. The SMILES string of the molecule is CCNC(=NCCS(=O)(=O)CC)N(C)CCC(NC(=O)OC(C)(C)C)C(C)C. The number of ether oxygens (including phenoxy) is 1. The van der Waals surface area contributed by atoms with Crippen molar-refractivity contribution >= 4 is 21.9 Å². The summed E-state index contributed by atoms with van der Waals surface area (Å²) >= 11 is 0. The predicted molar refractivity (Wildman–Crippen MR) is 116 cm³/mol. The van der Waals surface area contributed by atoms with Crippen molar-refractivity contribution in [3.8, 4) is 0 Å². The summed E-state index contributed by atoms with van der Waals surface area (Å²) in [6, 6.07) is -0.0411. The zero-order chi connectivity index (χ0) is 22.0. The summed E-state index contributed by atoms with van der Waals surface area (Å²) in [5, 5.41) is 6.12. The van der Waals surface area contributed by atoms with Gasteiger partial charge in [0.1, 0.15) is 5.60 Å². The third-order valence-electron chi connectivity index (χ3n) is 4.08. The molecule has 0 saturated heterocycles. The van der Waals surface area contributed by atoms with Crippen LogP contribution in [0.15, 0.2) is 4.99 Å². The molecule has 8 nitrogen and oxygen atoms in total. The Kier molecular flexibility index (Phi) is 11.5. The number of aliphatic imine (C=N–C) groups is 1. The highest BCUT2D eigenvalue weighted by Gasteiger charge is 2.22. The monoisotopic (exact) mass is 420 g/mol. The zero-order valence-electron chi connectivity index (χ0n) is 18.8. The van der Waals surface area contributed by atoms with Gasteiger partial charge in [0.15, 0.2) is 15.8 Å². The van der Waals surface area contributed by atoms with Crippen molar-refractivity contribution in [2.45, 2.75) is 66.5 Å². The van der Waals surface area contributed by atoms with Gasteiger partial charge in [0.2, 0.25) is 0 Å². The van der Waals surface area contributed by atoms with Gasteiger partial charge in [-0.2, -0.15) is 0 Å². The molecule has 1 amide bonds. The number of rotatable bonds is 10. The average Bonchev–Trinajstić information content (AvgIpc) is 2.55. The fraction of sp³-hybridized carbons (Fsp3) is 0.895. The number of nitrogens with one attached hydrogen (secondary N) is 2. The fourth-order valence-corrected chi connectivity index (χ4v) is 3.03. The van der Waals surface area contributed by atoms with Crippen LogP contribution in [0.5, 0.6) is 0 Å². The molecule has 0 rings (SSSR count). The molecule has 166 valence electrons. The van der Waals surface area contributed by atoms with Gasteiger partial charge in [-0.25, -0.2) is 13.2 Å². The Balaban J connectivity index is 4.85. The van der Waals surface area contributed by atoms with Gasteiger partial charge in [-0.3, -0.25) is 4.99 Å². The number of amides is 1. The second-order valence-corrected chi connectivity index (χ2v) is 10.7. The van der Waals surface area contributed by atoms with Crippen molar-refractivity contribution in [1.29, 1.82) is 0 Å². The highest BCUT2D eigenvalue weighted by atomic mass is 32.2. The lowest BCUT2D eigenvalue weighted by Crippen LogP contribution is -2.45. The van der Waals surface area contributed by atoms with Gasteiger partial charge in [-0.1, -0.05) is 20.8 Å². The molecule has 0 aromatic rings. The molecular weight excluding hydrogens is 380 g/mol. The van der Waals surface area contributed by atoms with E-state index in [0.29, 0.717) is 25.5 Å². The quantitative estimate of drug-likeness (QED) is 0.415. The van der Waals surface area contributed by atoms with E-state index in [2.05, 4.69) is 29.5 Å². The van der Waals surface area contributed by atoms with E-state index in [0.717, 1.165) is 0 Å². The van der Waals surface area contributed by atoms with E-state index in [1.807, 2.05) is 39.6 Å². The number of nitrogens with zero attached hydrogens (tertiary/aromatic N) is 2. The van der Waals surface area contributed by atoms with Crippen LogP contribution in [0, 0.1) is 5.92 Å². The second-order valence-electron chi connectivity index (χ2n) is 8.18. The molecule has 1 atom stereocenters. The number of sulfone groups is 1. The normalized spacial score (nSPS) is 14.0. The number of guanidine groups is 1. The van der Waals surface area contributed by atoms with Gasteiger partial charge in [0, 0.05) is 31.9 Å². The molecule has 0 saturated carbocycles. The van der Waals surface area contributed by atoms with E-state index in [1.54, 1.807) is 6.92 Å². The van der Waals surface area contributed by atoms with Crippen molar-refractivity contribution < 1.29 is 17.9 Å². The molecule has 2 N–H and O–H groups in total. The average molecular weight is 421 g/mol. The number of carbonyl (C=O) groups excluding carboxylic acids is 1. The maximum Gasteiger partial charge on any atom is 0.407 e. The molecular formula is C19H40N4O4S. The molecule has 9 heteroatoms. The zero-order valence-corrected chi connectivity index (χ0v) is 19.6. The Morgan fingerprint density at radius 2 is 1.82 bits per heavy atom. The van der Waals surface area contributed by atoms with Crippen LogP contribution in [-0.2, 0) is 14.6 Å². The number of carbonyl (C=O) groups is 1. The molecule has 0 spiro atoms. The first-order chi connectivity index (χ1) is 12.8. The Labute approximate surface area is 171 Å². The minimum Gasteiger partial charge on any atom is -0.444 e. The minimum atomic E-state index is -3.04. The number of hydrogen-bond donors (Lipinski definition) is 2. The summed E-state index contributed by atoms with van der Waals surface area (Å²) in [6.07, 6.45) is 0.296. The summed E-state index contributed by atoms with van der Waals surface area (Å²) in [6.45, 7) is 14.8. The van der Waals surface area contributed by atoms with Crippen LogP contribution in [0.25, 0.3) is 0 Å². The van der Waals surface area contributed by atoms with Gasteiger partial charge in [0.05, 0.1) is 12.3 Å². The van der Waals surface area contributed by atoms with Crippen molar-refractivity contribution in [3.63, 3.8) is 0 Å². The predicted octanol–water partition coefficient (Wildman–Crippen LogP) is 2.26. The summed E-state index contributed by atoms with van der Waals surface area (Å²) in [7, 11) is -1.13. The maximum absolute atomic E-state index is 12.1. The molecule has 0 bridgehead atoms. The van der Waals surface area contributed by atoms with Crippen molar-refractivity contribution in [2.24, 2.45) is 10.9 Å². The fourth-order valence-electron chi connectivity index (χ4n) is 2.37. The number of alkyl carbamates (subject to hydrolysis) is 1. The van der Waals surface area contributed by atoms with Crippen LogP contribution in [0.4, 0.5) is 4.79 Å². The Bertz CT molecular complexity index is 598. The highest BCUT2D eigenvalue weighted by Crippen LogP contribution is 2.11. The molecule has 28 heavy (non-hydrogen) atoms. The van der Waals surface area contributed by atoms with Crippen LogP contribution in [-0.4, -0.2) is 75.2 Å². The Morgan fingerprint density at radius 3 is 2.29 bits per heavy atom.